The summed E-state index contributed by atoms with van der Waals surface area (Å²) in [4.78, 5) is 13.1. The zero-order chi connectivity index (χ0) is 22.9. The number of hydrogen-bond acceptors (Lipinski definition) is 3. The van der Waals surface area contributed by atoms with Gasteiger partial charge in [0.05, 0.1) is 10.6 Å². The van der Waals surface area contributed by atoms with Crippen LogP contribution < -0.4 is 5.32 Å². The van der Waals surface area contributed by atoms with Gasteiger partial charge in [-0.25, -0.2) is 8.42 Å². The predicted octanol–water partition coefficient (Wildman–Crippen LogP) is 5.17. The lowest BCUT2D eigenvalue weighted by Crippen LogP contribution is -2.22. The van der Waals surface area contributed by atoms with Crippen LogP contribution in [0.25, 0.3) is 21.8 Å². The fourth-order valence-electron chi connectivity index (χ4n) is 4.02. The van der Waals surface area contributed by atoms with Crippen LogP contribution in [0.3, 0.4) is 0 Å². The second kappa shape index (κ2) is 8.79. The molecule has 4 aromatic rings. The summed E-state index contributed by atoms with van der Waals surface area (Å²) in [5, 5.41) is 5.16. The predicted molar refractivity (Wildman–Crippen MR) is 130 cm³/mol. The number of carbonyl (C=O) groups is 1. The maximum absolute atomic E-state index is 12.8. The lowest BCUT2D eigenvalue weighted by Gasteiger charge is -2.10. The van der Waals surface area contributed by atoms with E-state index in [0.29, 0.717) is 22.9 Å². The highest BCUT2D eigenvalue weighted by molar-refractivity contribution is 7.91. The Bertz CT molecular complexity index is 1380. The zero-order valence-electron chi connectivity index (χ0n) is 18.6. The van der Waals surface area contributed by atoms with Crippen molar-refractivity contribution in [2.24, 2.45) is 5.92 Å². The molecule has 0 aliphatic rings. The summed E-state index contributed by atoms with van der Waals surface area (Å²) in [5.74, 6) is 0.424. The molecule has 0 unspecified atom stereocenters. The standard InChI is InChI=1S/C26H28N2O3S/c1-4-32(30,31)21-12-9-19(10-13-21)16-27-26(29)20-11-14-25-23(15-20)22-7-5-6-8-24(22)28(25)17-18(2)3/h5-15,18H,4,16-17H2,1-3H3,(H,27,29). The van der Waals surface area contributed by atoms with Gasteiger partial charge in [-0.1, -0.05) is 51.1 Å². The molecule has 0 saturated carbocycles. The number of sulfone groups is 1. The molecule has 0 aliphatic carbocycles. The Kier molecular flexibility index (Phi) is 6.07. The Morgan fingerprint density at radius 1 is 0.938 bits per heavy atom. The number of aromatic nitrogens is 1. The van der Waals surface area contributed by atoms with Crippen molar-refractivity contribution in [3.05, 3.63) is 77.9 Å². The van der Waals surface area contributed by atoms with Crippen molar-refractivity contribution in [3.8, 4) is 0 Å². The van der Waals surface area contributed by atoms with Crippen molar-refractivity contribution >= 4 is 37.6 Å². The molecular formula is C26H28N2O3S. The van der Waals surface area contributed by atoms with E-state index < -0.39 is 9.84 Å². The van der Waals surface area contributed by atoms with E-state index in [0.717, 1.165) is 28.4 Å². The molecule has 0 aliphatic heterocycles. The molecule has 32 heavy (non-hydrogen) atoms. The molecule has 3 aromatic carbocycles. The van der Waals surface area contributed by atoms with Gasteiger partial charge in [-0.15, -0.1) is 0 Å². The largest absolute Gasteiger partial charge is 0.348 e. The van der Waals surface area contributed by atoms with Gasteiger partial charge in [0, 0.05) is 40.5 Å². The third-order valence-corrected chi connectivity index (χ3v) is 7.45. The summed E-state index contributed by atoms with van der Waals surface area (Å²) in [5.41, 5.74) is 3.76. The lowest BCUT2D eigenvalue weighted by atomic mass is 10.1. The first kappa shape index (κ1) is 22.1. The van der Waals surface area contributed by atoms with Gasteiger partial charge in [-0.3, -0.25) is 4.79 Å². The van der Waals surface area contributed by atoms with Gasteiger partial charge in [0.15, 0.2) is 9.84 Å². The molecule has 0 fully saturated rings. The molecule has 0 radical (unpaired) electrons. The molecule has 1 aromatic heterocycles. The highest BCUT2D eigenvalue weighted by atomic mass is 32.2. The summed E-state index contributed by atoms with van der Waals surface area (Å²) in [6, 6.07) is 20.8. The van der Waals surface area contributed by atoms with Crippen molar-refractivity contribution in [2.45, 2.75) is 38.8 Å². The monoisotopic (exact) mass is 448 g/mol. The maximum atomic E-state index is 12.8. The van der Waals surface area contributed by atoms with Gasteiger partial charge in [0.2, 0.25) is 0 Å². The van der Waals surface area contributed by atoms with E-state index >= 15 is 0 Å². The molecule has 0 saturated heterocycles. The maximum Gasteiger partial charge on any atom is 0.251 e. The molecule has 1 N–H and O–H groups in total. The number of para-hydroxylation sites is 1. The SMILES string of the molecule is CCS(=O)(=O)c1ccc(CNC(=O)c2ccc3c(c2)c2ccccc2n3CC(C)C)cc1. The molecule has 1 heterocycles. The van der Waals surface area contributed by atoms with Crippen LogP contribution in [-0.2, 0) is 22.9 Å². The number of carbonyl (C=O) groups excluding carboxylic acids is 1. The van der Waals surface area contributed by atoms with Crippen LogP contribution in [0.4, 0.5) is 0 Å². The van der Waals surface area contributed by atoms with Gasteiger partial charge < -0.3 is 9.88 Å². The van der Waals surface area contributed by atoms with Crippen LogP contribution >= 0.6 is 0 Å². The number of hydrogen-bond donors (Lipinski definition) is 1. The van der Waals surface area contributed by atoms with Crippen LogP contribution in [0.2, 0.25) is 0 Å². The Morgan fingerprint density at radius 3 is 2.31 bits per heavy atom. The van der Waals surface area contributed by atoms with Crippen molar-refractivity contribution in [1.82, 2.24) is 9.88 Å². The minimum atomic E-state index is -3.22. The quantitative estimate of drug-likeness (QED) is 0.424. The second-order valence-electron chi connectivity index (χ2n) is 8.48. The molecule has 0 spiro atoms. The molecule has 166 valence electrons. The second-order valence-corrected chi connectivity index (χ2v) is 10.8. The molecule has 0 bridgehead atoms. The summed E-state index contributed by atoms with van der Waals surface area (Å²) in [6.07, 6.45) is 0. The average molecular weight is 449 g/mol. The Hall–Kier alpha value is -3.12. The smallest absolute Gasteiger partial charge is 0.251 e. The number of benzene rings is 3. The first-order valence-corrected chi connectivity index (χ1v) is 12.6. The summed E-state index contributed by atoms with van der Waals surface area (Å²) < 4.78 is 26.2. The summed E-state index contributed by atoms with van der Waals surface area (Å²) in [6.45, 7) is 7.28. The van der Waals surface area contributed by atoms with Crippen LogP contribution in [0, 0.1) is 5.92 Å². The van der Waals surface area contributed by atoms with Crippen molar-refractivity contribution in [2.75, 3.05) is 5.75 Å². The van der Waals surface area contributed by atoms with Crippen molar-refractivity contribution < 1.29 is 13.2 Å². The van der Waals surface area contributed by atoms with Crippen LogP contribution in [0.1, 0.15) is 36.7 Å². The van der Waals surface area contributed by atoms with E-state index in [4.69, 9.17) is 0 Å². The summed E-state index contributed by atoms with van der Waals surface area (Å²) >= 11 is 0. The first-order valence-electron chi connectivity index (χ1n) is 10.9. The Labute approximate surface area is 189 Å². The van der Waals surface area contributed by atoms with Gasteiger partial charge >= 0.3 is 0 Å². The number of fused-ring (bicyclic) bond motifs is 3. The normalized spacial score (nSPS) is 12.0. The van der Waals surface area contributed by atoms with Gasteiger partial charge in [0.25, 0.3) is 5.91 Å². The average Bonchev–Trinajstić information content (AvgIpc) is 3.10. The van der Waals surface area contributed by atoms with E-state index in [9.17, 15) is 13.2 Å². The van der Waals surface area contributed by atoms with E-state index in [2.05, 4.69) is 35.9 Å². The fourth-order valence-corrected chi connectivity index (χ4v) is 4.91. The van der Waals surface area contributed by atoms with Crippen LogP contribution in [0.15, 0.2) is 71.6 Å². The third kappa shape index (κ3) is 4.28. The lowest BCUT2D eigenvalue weighted by molar-refractivity contribution is 0.0951. The topological polar surface area (TPSA) is 68.2 Å². The molecular weight excluding hydrogens is 420 g/mol. The van der Waals surface area contributed by atoms with Gasteiger partial charge in [-0.2, -0.15) is 0 Å². The molecule has 4 rings (SSSR count). The number of amides is 1. The Balaban J connectivity index is 1.57. The Morgan fingerprint density at radius 2 is 1.62 bits per heavy atom. The van der Waals surface area contributed by atoms with Crippen LogP contribution in [0.5, 0.6) is 0 Å². The van der Waals surface area contributed by atoms with E-state index in [1.54, 1.807) is 31.2 Å². The van der Waals surface area contributed by atoms with Gasteiger partial charge in [0.1, 0.15) is 0 Å². The minimum absolute atomic E-state index is 0.0686. The highest BCUT2D eigenvalue weighted by Crippen LogP contribution is 2.30. The van der Waals surface area contributed by atoms with E-state index in [-0.39, 0.29) is 11.7 Å². The first-order chi connectivity index (χ1) is 15.3. The van der Waals surface area contributed by atoms with Gasteiger partial charge in [-0.05, 0) is 47.9 Å². The van der Waals surface area contributed by atoms with Crippen molar-refractivity contribution in [1.29, 1.82) is 0 Å². The number of rotatable bonds is 7. The fraction of sp³-hybridized carbons (Fsp3) is 0.269. The number of nitrogens with zero attached hydrogens (tertiary/aromatic N) is 1. The molecule has 6 heteroatoms. The minimum Gasteiger partial charge on any atom is -0.348 e. The molecule has 0 atom stereocenters. The van der Waals surface area contributed by atoms with Crippen molar-refractivity contribution in [3.63, 3.8) is 0 Å². The summed E-state index contributed by atoms with van der Waals surface area (Å²) in [7, 11) is -3.22. The van der Waals surface area contributed by atoms with E-state index in [1.807, 2.05) is 30.3 Å². The van der Waals surface area contributed by atoms with Crippen LogP contribution in [-0.4, -0.2) is 24.6 Å². The number of nitrogens with one attached hydrogen (secondary N) is 1. The molecule has 5 nitrogen and oxygen atoms in total. The highest BCUT2D eigenvalue weighted by Gasteiger charge is 2.15. The molecule has 1 amide bonds. The van der Waals surface area contributed by atoms with E-state index in [1.165, 1.54) is 5.52 Å². The third-order valence-electron chi connectivity index (χ3n) is 5.70. The zero-order valence-corrected chi connectivity index (χ0v) is 19.4.